The molecule has 0 unspecified atom stereocenters. The van der Waals surface area contributed by atoms with E-state index in [2.05, 4.69) is 0 Å². The van der Waals surface area contributed by atoms with Gasteiger partial charge in [0.1, 0.15) is 0 Å². The summed E-state index contributed by atoms with van der Waals surface area (Å²) in [5.41, 5.74) is 0.513. The van der Waals surface area contributed by atoms with Gasteiger partial charge in [0, 0.05) is 24.2 Å². The molecule has 1 aromatic rings. The number of nitrogens with zero attached hydrogens (tertiary/aromatic N) is 1. The summed E-state index contributed by atoms with van der Waals surface area (Å²) < 4.78 is 36.7. The highest BCUT2D eigenvalue weighted by molar-refractivity contribution is 7.89. The van der Waals surface area contributed by atoms with Gasteiger partial charge in [-0.1, -0.05) is 13.0 Å². The first-order chi connectivity index (χ1) is 8.51. The predicted octanol–water partition coefficient (Wildman–Crippen LogP) is 1.20. The molecule has 0 aromatic heterocycles. The van der Waals surface area contributed by atoms with Gasteiger partial charge >= 0.3 is 0 Å². The number of fused-ring (bicyclic) bond motifs is 5. The highest BCUT2D eigenvalue weighted by Gasteiger charge is 2.46. The molecule has 4 rings (SSSR count). The number of sulfonamides is 1. The van der Waals surface area contributed by atoms with E-state index >= 15 is 0 Å². The summed E-state index contributed by atoms with van der Waals surface area (Å²) in [6, 6.07) is 3.37. The molecule has 0 amide bonds. The molecule has 3 aliphatic rings. The van der Waals surface area contributed by atoms with Crippen LogP contribution in [-0.4, -0.2) is 26.1 Å². The molecule has 1 atom stereocenters. The Morgan fingerprint density at radius 1 is 1.28 bits per heavy atom. The first kappa shape index (κ1) is 10.3. The number of benzene rings is 1. The van der Waals surface area contributed by atoms with Gasteiger partial charge in [-0.3, -0.25) is 4.31 Å². The standard InChI is InChI=1S/C12H11NO4S/c1-12-2-3-13(6-12)18(14,15)11-5-10-9(4-8(11)12)16-7-17-10/h2-5H,6-7H2,1H3/t12-/m0/s1. The minimum Gasteiger partial charge on any atom is -0.454 e. The molecule has 0 fully saturated rings. The second-order valence-corrected chi connectivity index (χ2v) is 6.84. The van der Waals surface area contributed by atoms with E-state index in [0.717, 1.165) is 5.56 Å². The van der Waals surface area contributed by atoms with E-state index in [1.807, 2.05) is 13.0 Å². The van der Waals surface area contributed by atoms with Crippen LogP contribution in [0.5, 0.6) is 11.5 Å². The summed E-state index contributed by atoms with van der Waals surface area (Å²) in [6.07, 6.45) is 3.57. The summed E-state index contributed by atoms with van der Waals surface area (Å²) in [5.74, 6) is 1.13. The maximum atomic E-state index is 12.4. The fourth-order valence-corrected chi connectivity index (χ4v) is 4.46. The van der Waals surface area contributed by atoms with Crippen LogP contribution in [0.2, 0.25) is 0 Å². The molecule has 18 heavy (non-hydrogen) atoms. The maximum absolute atomic E-state index is 12.4. The molecule has 0 spiro atoms. The lowest BCUT2D eigenvalue weighted by Gasteiger charge is -2.33. The van der Waals surface area contributed by atoms with Crippen molar-refractivity contribution in [2.75, 3.05) is 13.3 Å². The fourth-order valence-electron chi connectivity index (χ4n) is 2.73. The van der Waals surface area contributed by atoms with E-state index in [9.17, 15) is 8.42 Å². The van der Waals surface area contributed by atoms with E-state index in [4.69, 9.17) is 9.47 Å². The van der Waals surface area contributed by atoms with Crippen LogP contribution >= 0.6 is 0 Å². The van der Waals surface area contributed by atoms with Crippen molar-refractivity contribution >= 4 is 10.0 Å². The molecule has 0 N–H and O–H groups in total. The van der Waals surface area contributed by atoms with Crippen LogP contribution < -0.4 is 9.47 Å². The second-order valence-electron chi connectivity index (χ2n) is 4.99. The first-order valence-corrected chi connectivity index (χ1v) is 7.10. The third-order valence-electron chi connectivity index (χ3n) is 3.77. The van der Waals surface area contributed by atoms with E-state index in [1.165, 1.54) is 4.31 Å². The van der Waals surface area contributed by atoms with Crippen molar-refractivity contribution in [1.29, 1.82) is 0 Å². The van der Waals surface area contributed by atoms with Crippen LogP contribution in [0.1, 0.15) is 12.5 Å². The first-order valence-electron chi connectivity index (χ1n) is 5.66. The van der Waals surface area contributed by atoms with Crippen LogP contribution in [-0.2, 0) is 15.4 Å². The van der Waals surface area contributed by atoms with Crippen molar-refractivity contribution in [1.82, 2.24) is 4.31 Å². The summed E-state index contributed by atoms with van der Waals surface area (Å²) in [5, 5.41) is 0. The lowest BCUT2D eigenvalue weighted by atomic mass is 9.83. The zero-order chi connectivity index (χ0) is 12.5. The summed E-state index contributed by atoms with van der Waals surface area (Å²) in [6.45, 7) is 2.63. The molecule has 0 aliphatic carbocycles. The molecule has 0 radical (unpaired) electrons. The average Bonchev–Trinajstić information content (AvgIpc) is 2.91. The van der Waals surface area contributed by atoms with Crippen molar-refractivity contribution in [2.24, 2.45) is 0 Å². The topological polar surface area (TPSA) is 55.8 Å². The Kier molecular flexibility index (Phi) is 1.61. The van der Waals surface area contributed by atoms with Gasteiger partial charge in [0.25, 0.3) is 10.0 Å². The zero-order valence-electron chi connectivity index (χ0n) is 9.71. The summed E-state index contributed by atoms with van der Waals surface area (Å²) >= 11 is 0. The van der Waals surface area contributed by atoms with Gasteiger partial charge in [0.2, 0.25) is 6.79 Å². The van der Waals surface area contributed by atoms with E-state index in [-0.39, 0.29) is 12.2 Å². The molecule has 2 bridgehead atoms. The average molecular weight is 265 g/mol. The van der Waals surface area contributed by atoms with E-state index in [1.54, 1.807) is 18.3 Å². The van der Waals surface area contributed by atoms with Gasteiger partial charge in [-0.05, 0) is 11.6 Å². The van der Waals surface area contributed by atoms with Crippen molar-refractivity contribution < 1.29 is 17.9 Å². The van der Waals surface area contributed by atoms with Crippen molar-refractivity contribution in [3.05, 3.63) is 30.0 Å². The Hall–Kier alpha value is -1.69. The maximum Gasteiger partial charge on any atom is 0.264 e. The smallest absolute Gasteiger partial charge is 0.264 e. The normalized spacial score (nSPS) is 29.5. The Labute approximate surface area is 105 Å². The van der Waals surface area contributed by atoms with Gasteiger partial charge in [0.05, 0.1) is 4.90 Å². The molecule has 0 saturated carbocycles. The minimum absolute atomic E-state index is 0.147. The molecule has 1 aromatic carbocycles. The molecular weight excluding hydrogens is 254 g/mol. The van der Waals surface area contributed by atoms with Crippen molar-refractivity contribution in [2.45, 2.75) is 17.2 Å². The SMILES string of the molecule is C[C@]12C=CN(C1)S(=O)(=O)c1cc3c(cc12)OCO3. The molecule has 5 nitrogen and oxygen atoms in total. The van der Waals surface area contributed by atoms with Gasteiger partial charge < -0.3 is 9.47 Å². The van der Waals surface area contributed by atoms with Crippen LogP contribution in [0.15, 0.2) is 29.3 Å². The molecule has 94 valence electrons. The summed E-state index contributed by atoms with van der Waals surface area (Å²) in [4.78, 5) is 0.325. The van der Waals surface area contributed by atoms with Gasteiger partial charge in [-0.15, -0.1) is 0 Å². The number of rotatable bonds is 0. The molecular formula is C12H11NO4S. The van der Waals surface area contributed by atoms with Crippen LogP contribution in [0.4, 0.5) is 0 Å². The van der Waals surface area contributed by atoms with Gasteiger partial charge in [-0.25, -0.2) is 8.42 Å². The number of hydrogen-bond donors (Lipinski definition) is 0. The quantitative estimate of drug-likeness (QED) is 0.707. The van der Waals surface area contributed by atoms with Crippen LogP contribution in [0, 0.1) is 0 Å². The van der Waals surface area contributed by atoms with Crippen molar-refractivity contribution in [3.63, 3.8) is 0 Å². The third-order valence-corrected chi connectivity index (χ3v) is 5.53. The Morgan fingerprint density at radius 2 is 2.00 bits per heavy atom. The monoisotopic (exact) mass is 265 g/mol. The Bertz CT molecular complexity index is 694. The zero-order valence-corrected chi connectivity index (χ0v) is 10.5. The fraction of sp³-hybridized carbons (Fsp3) is 0.333. The molecule has 0 saturated heterocycles. The lowest BCUT2D eigenvalue weighted by Crippen LogP contribution is -2.39. The van der Waals surface area contributed by atoms with Crippen LogP contribution in [0.25, 0.3) is 0 Å². The molecule has 3 aliphatic heterocycles. The minimum atomic E-state index is -3.44. The third kappa shape index (κ3) is 1.04. The highest BCUT2D eigenvalue weighted by Crippen LogP contribution is 2.47. The van der Waals surface area contributed by atoms with Gasteiger partial charge in [0.15, 0.2) is 11.5 Å². The van der Waals surface area contributed by atoms with Crippen molar-refractivity contribution in [3.8, 4) is 11.5 Å². The highest BCUT2D eigenvalue weighted by atomic mass is 32.2. The molecule has 3 heterocycles. The molecule has 6 heteroatoms. The Balaban J connectivity index is 2.09. The predicted molar refractivity (Wildman–Crippen MR) is 62.9 cm³/mol. The van der Waals surface area contributed by atoms with E-state index < -0.39 is 10.0 Å². The Morgan fingerprint density at radius 3 is 2.78 bits per heavy atom. The van der Waals surface area contributed by atoms with Gasteiger partial charge in [-0.2, -0.15) is 0 Å². The largest absolute Gasteiger partial charge is 0.454 e. The number of hydrogen-bond acceptors (Lipinski definition) is 4. The summed E-state index contributed by atoms with van der Waals surface area (Å²) in [7, 11) is -3.44. The second kappa shape index (κ2) is 2.83. The van der Waals surface area contributed by atoms with Crippen LogP contribution in [0.3, 0.4) is 0 Å². The lowest BCUT2D eigenvalue weighted by molar-refractivity contribution is 0.174. The number of ether oxygens (including phenoxy) is 2. The van der Waals surface area contributed by atoms with E-state index in [0.29, 0.717) is 22.9 Å².